The van der Waals surface area contributed by atoms with Crippen LogP contribution in [-0.2, 0) is 10.9 Å². The fourth-order valence-electron chi connectivity index (χ4n) is 0.440. The fraction of sp³-hybridized carbons (Fsp3) is 0.800. The summed E-state index contributed by atoms with van der Waals surface area (Å²) in [4.78, 5) is 0. The first kappa shape index (κ1) is 12.7. The molecule has 0 aliphatic heterocycles. The molecule has 0 aliphatic rings. The number of hydrogen-bond donors (Lipinski definition) is 0. The Kier molecular flexibility index (Phi) is 10.1. The quantitative estimate of drug-likeness (QED) is 0.400. The number of thiocarbonyl (C=S) groups is 1. The fourth-order valence-corrected chi connectivity index (χ4v) is 2.03. The molecule has 4 radical (unpaired) electrons. The first-order valence-electron chi connectivity index (χ1n) is 2.60. The molecule has 4 heteroatoms. The van der Waals surface area contributed by atoms with Crippen LogP contribution in [0.25, 0.3) is 0 Å². The zero-order chi connectivity index (χ0) is 6.57. The molecule has 0 aromatic rings. The van der Waals surface area contributed by atoms with Crippen LogP contribution in [0.3, 0.4) is 0 Å². The van der Waals surface area contributed by atoms with Gasteiger partial charge in [0.25, 0.3) is 0 Å². The Morgan fingerprint density at radius 3 is 1.78 bits per heavy atom. The largest absolute Gasteiger partial charge is 2.00 e. The van der Waals surface area contributed by atoms with Gasteiger partial charge in [0.05, 0.1) is 0 Å². The van der Waals surface area contributed by atoms with Gasteiger partial charge in [0, 0.05) is 0 Å². The molecule has 0 aromatic heterocycles. The van der Waals surface area contributed by atoms with Crippen LogP contribution in [0.2, 0.25) is 0 Å². The molecule has 0 rings (SSSR count). The molecule has 0 spiro atoms. The van der Waals surface area contributed by atoms with Crippen molar-refractivity contribution in [3.63, 3.8) is 0 Å². The third-order valence-corrected chi connectivity index (χ3v) is 3.50. The maximum Gasteiger partial charge on any atom is 2.00 e. The van der Waals surface area contributed by atoms with Crippen molar-refractivity contribution in [1.29, 1.82) is 0 Å². The smallest absolute Gasteiger partial charge is 0.884 e. The molecule has 54 valence electrons. The topological polar surface area (TPSA) is 23.1 Å². The van der Waals surface area contributed by atoms with Crippen molar-refractivity contribution in [3.05, 3.63) is 0 Å². The summed E-state index contributed by atoms with van der Waals surface area (Å²) < 4.78 is -0.0602. The first-order valence-corrected chi connectivity index (χ1v) is 4.58. The predicted octanol–water partition coefficient (Wildman–Crippen LogP) is -0.0911. The predicted molar refractivity (Wildman–Crippen MR) is 46.8 cm³/mol. The van der Waals surface area contributed by atoms with E-state index in [2.05, 4.69) is 12.2 Å². The molecule has 0 saturated heterocycles. The maximum atomic E-state index is 10.4. The molecule has 0 unspecified atom stereocenters. The normalized spacial score (nSPS) is 9.78. The average molecular weight is 278 g/mol. The SMILES string of the molecule is CC[S-](CC)C([O-])=S.[Te+2]. The second-order valence-corrected chi connectivity index (χ2v) is 4.46. The summed E-state index contributed by atoms with van der Waals surface area (Å²) in [5.41, 5.74) is 0. The van der Waals surface area contributed by atoms with Crippen LogP contribution in [0.15, 0.2) is 0 Å². The van der Waals surface area contributed by atoms with Crippen molar-refractivity contribution >= 4 is 51.2 Å². The molecule has 0 amide bonds. The molecule has 0 bridgehead atoms. The van der Waals surface area contributed by atoms with Crippen molar-refractivity contribution in [2.24, 2.45) is 0 Å². The van der Waals surface area contributed by atoms with Crippen LogP contribution in [0.5, 0.6) is 0 Å². The van der Waals surface area contributed by atoms with E-state index >= 15 is 0 Å². The summed E-state index contributed by atoms with van der Waals surface area (Å²) in [6.45, 7) is 3.99. The van der Waals surface area contributed by atoms with Gasteiger partial charge in [-0.1, -0.05) is 13.8 Å². The van der Waals surface area contributed by atoms with Gasteiger partial charge in [0.1, 0.15) is 0 Å². The third-order valence-electron chi connectivity index (χ3n) is 0.933. The van der Waals surface area contributed by atoms with Gasteiger partial charge in [-0.05, 0) is 0 Å². The van der Waals surface area contributed by atoms with Crippen LogP contribution in [0, 0.1) is 0 Å². The van der Waals surface area contributed by atoms with E-state index in [1.165, 1.54) is 0 Å². The summed E-state index contributed by atoms with van der Waals surface area (Å²) >= 11 is 4.47. The van der Waals surface area contributed by atoms with Gasteiger partial charge in [-0.3, -0.25) is 0 Å². The molecule has 0 saturated carbocycles. The van der Waals surface area contributed by atoms with Gasteiger partial charge in [-0.25, -0.2) is 0 Å². The molecule has 0 aromatic carbocycles. The second kappa shape index (κ2) is 7.14. The minimum Gasteiger partial charge on any atom is -0.884 e. The van der Waals surface area contributed by atoms with E-state index in [1.54, 1.807) is 0 Å². The molecular weight excluding hydrogens is 268 g/mol. The number of hydrogen-bond acceptors (Lipinski definition) is 3. The third kappa shape index (κ3) is 5.47. The van der Waals surface area contributed by atoms with Crippen LogP contribution < -0.4 is 5.11 Å². The van der Waals surface area contributed by atoms with E-state index in [1.807, 2.05) is 13.8 Å². The average Bonchev–Trinajstić information content (AvgIpc) is 1.69. The summed E-state index contributed by atoms with van der Waals surface area (Å²) in [5, 5.41) is 10.4. The summed E-state index contributed by atoms with van der Waals surface area (Å²) in [6.07, 6.45) is 0. The molecule has 0 aliphatic carbocycles. The second-order valence-electron chi connectivity index (χ2n) is 1.32. The van der Waals surface area contributed by atoms with Gasteiger partial charge < -0.3 is 16.0 Å². The monoisotopic (exact) mass is 280 g/mol. The van der Waals surface area contributed by atoms with Crippen molar-refractivity contribution in [2.45, 2.75) is 13.8 Å². The van der Waals surface area contributed by atoms with Crippen molar-refractivity contribution < 1.29 is 5.11 Å². The van der Waals surface area contributed by atoms with E-state index < -0.39 is 0 Å². The summed E-state index contributed by atoms with van der Waals surface area (Å²) in [5.74, 6) is 1.83. The Balaban J connectivity index is 0. The van der Waals surface area contributed by atoms with Crippen molar-refractivity contribution in [1.82, 2.24) is 0 Å². The zero-order valence-electron chi connectivity index (χ0n) is 5.55. The van der Waals surface area contributed by atoms with E-state index in [9.17, 15) is 5.11 Å². The standard InChI is InChI=1S/C5H11OS2.Te/c1-3-8(4-2)5(6)7;/h3-4H2,1-2H3,(H,6,7);/q-1;+2/p-1. The van der Waals surface area contributed by atoms with Gasteiger partial charge in [0.15, 0.2) is 0 Å². The van der Waals surface area contributed by atoms with E-state index in [4.69, 9.17) is 0 Å². The number of rotatable bonds is 2. The first-order chi connectivity index (χ1) is 3.72. The van der Waals surface area contributed by atoms with Crippen LogP contribution in [0.4, 0.5) is 0 Å². The van der Waals surface area contributed by atoms with E-state index in [-0.39, 0.29) is 38.9 Å². The Morgan fingerprint density at radius 1 is 1.44 bits per heavy atom. The molecule has 0 heterocycles. The van der Waals surface area contributed by atoms with Crippen LogP contribution in [0.1, 0.15) is 13.8 Å². The molecule has 0 N–H and O–H groups in total. The zero-order valence-corrected chi connectivity index (χ0v) is 9.51. The van der Waals surface area contributed by atoms with Crippen molar-refractivity contribution in [3.8, 4) is 0 Å². The summed E-state index contributed by atoms with van der Waals surface area (Å²) in [7, 11) is -0.114. The van der Waals surface area contributed by atoms with E-state index in [0.29, 0.717) is 0 Å². The Hall–Kier alpha value is 1.03. The Morgan fingerprint density at radius 2 is 1.78 bits per heavy atom. The maximum absolute atomic E-state index is 10.4. The van der Waals surface area contributed by atoms with Gasteiger partial charge in [-0.2, -0.15) is 4.38 Å². The minimum atomic E-state index is -0.114. The van der Waals surface area contributed by atoms with E-state index in [0.717, 1.165) is 11.5 Å². The van der Waals surface area contributed by atoms with Crippen LogP contribution in [-0.4, -0.2) is 39.6 Å². The minimum absolute atomic E-state index is 0. The molecular formula is C5H10OS2Te. The summed E-state index contributed by atoms with van der Waals surface area (Å²) in [6, 6.07) is 0. The molecule has 0 fully saturated rings. The van der Waals surface area contributed by atoms with Crippen LogP contribution >= 0.6 is 12.2 Å². The molecule has 9 heavy (non-hydrogen) atoms. The molecule has 1 nitrogen and oxygen atoms in total. The Bertz CT molecular complexity index is 83.0. The van der Waals surface area contributed by atoms with Gasteiger partial charge >= 0.3 is 23.7 Å². The van der Waals surface area contributed by atoms with Gasteiger partial charge in [0.2, 0.25) is 0 Å². The Labute approximate surface area is 81.3 Å². The molecule has 0 atom stereocenters. The van der Waals surface area contributed by atoms with Crippen molar-refractivity contribution in [2.75, 3.05) is 11.5 Å². The van der Waals surface area contributed by atoms with Gasteiger partial charge in [-0.15, -0.1) is 23.7 Å².